The highest BCUT2D eigenvalue weighted by Gasteiger charge is 2.53. The van der Waals surface area contributed by atoms with Crippen LogP contribution in [0.15, 0.2) is 49.6 Å². The molecule has 0 aliphatic carbocycles. The van der Waals surface area contributed by atoms with Crippen LogP contribution in [-0.2, 0) is 114 Å². The number of hydrogen-bond donors (Lipinski definition) is 18. The molecule has 48 nitrogen and oxygen atoms in total. The third kappa shape index (κ3) is 29.2. The molecule has 1 aromatic carbocycles. The lowest BCUT2D eigenvalue weighted by molar-refractivity contribution is -0.137. The summed E-state index contributed by atoms with van der Waals surface area (Å²) in [4.78, 5) is 181. The summed E-state index contributed by atoms with van der Waals surface area (Å²) < 4.78 is 126. The van der Waals surface area contributed by atoms with Crippen molar-refractivity contribution in [1.29, 1.82) is 0 Å². The van der Waals surface area contributed by atoms with Crippen molar-refractivity contribution in [3.8, 4) is 0 Å². The Morgan fingerprint density at radius 3 is 1.18 bits per heavy atom. The van der Waals surface area contributed by atoms with Gasteiger partial charge in [0.15, 0.2) is 35.4 Å². The normalized spacial score (nSPS) is 21.6. The van der Waals surface area contributed by atoms with Crippen molar-refractivity contribution in [3.63, 3.8) is 0 Å². The lowest BCUT2D eigenvalue weighted by Gasteiger charge is -2.30. The molecule has 2 fully saturated rings. The first-order valence-electron chi connectivity index (χ1n) is 36.5. The maximum absolute atomic E-state index is 13.3. The zero-order valence-electron chi connectivity index (χ0n) is 65.3. The number of aliphatic hydroxyl groups is 4. The first-order chi connectivity index (χ1) is 54.6. The highest BCUT2D eigenvalue weighted by atomic mass is 31.3. The monoisotopic (exact) mass is 1800 g/mol. The van der Waals surface area contributed by atoms with Crippen molar-refractivity contribution in [3.05, 3.63) is 60.7 Å². The molecule has 20 N–H and O–H groups in total. The van der Waals surface area contributed by atoms with Crippen molar-refractivity contribution in [2.75, 3.05) is 64.1 Å². The van der Waals surface area contributed by atoms with Gasteiger partial charge in [-0.25, -0.2) is 57.3 Å². The number of aryl methyl sites for hydroxylation is 2. The topological polar surface area (TPSA) is 727 Å². The molecule has 2 aliphatic rings. The number of Topliss-reactive ketones (excluding diaryl/α,β-unsaturated/α-hetero) is 2. The molecule has 118 heavy (non-hydrogen) atoms. The number of hydrogen-bond acceptors (Lipinski definition) is 34. The zero-order valence-corrected chi connectivity index (χ0v) is 70.7. The van der Waals surface area contributed by atoms with Gasteiger partial charge in [0.2, 0.25) is 23.6 Å². The minimum Gasteiger partial charge on any atom is -0.386 e. The number of nitrogens with two attached hydrogens (primary N) is 2. The molecule has 4 amide bonds. The number of fused-ring (bicyclic) bond motifs is 2. The van der Waals surface area contributed by atoms with E-state index in [2.05, 4.69) is 81.0 Å². The summed E-state index contributed by atoms with van der Waals surface area (Å²) in [6, 6.07) is 8.00. The molecule has 5 aromatic rings. The standard InChI is InChI=1S/C64H102N14O34P6/c1-61(2,41(79)19-25-67-43(81)21-27-69-57(87)51(85)63(5,6)31-105-117(99,100)111-115(95,96)103-29-39-49(109-113(89,90)91)47(83)59(107-39)77-35-75-45-53(65)71-33-73-55(45)77)23-13-11-17-37-15-9-10-16-38(37)18-12-14-24-62(3,4)42(80)20-26-68-44(82)22-28-70-58(88)52(86)64(7,8)32-106-118(101,102)112-116(97,98)104-30-40-50(110-114(92,93)94)48(84)60(108-40)78-36-76-46-54(66)72-34-74-56(46)78/h9-10,15-16,33-36,39-40,47-52,59-60,83-86H,11-14,17-32H2,1-8H3,(H,67,81)(H,68,82)(H,69,87)(H,70,88)(H,95,96)(H,97,98)(H,99,100)(H,101,102)(H2,65,71,73)(H2,66,72,74)(H2,89,90,91)(H2,92,93,94). The van der Waals surface area contributed by atoms with Gasteiger partial charge in [-0.05, 0) is 49.7 Å². The van der Waals surface area contributed by atoms with E-state index in [0.29, 0.717) is 12.8 Å². The highest BCUT2D eigenvalue weighted by molar-refractivity contribution is 7.61. The number of unbranched alkanes of at least 4 members (excludes halogenated alkanes) is 2. The Hall–Kier alpha value is -6.36. The second kappa shape index (κ2) is 41.2. The summed E-state index contributed by atoms with van der Waals surface area (Å²) in [7, 11) is -33.3. The van der Waals surface area contributed by atoms with E-state index in [-0.39, 0.29) is 97.4 Å². The molecule has 0 bridgehead atoms. The van der Waals surface area contributed by atoms with E-state index >= 15 is 0 Å². The number of aliphatic hydroxyl groups excluding tert-OH is 4. The summed E-state index contributed by atoms with van der Waals surface area (Å²) in [6.45, 7) is 7.37. The molecule has 4 aromatic heterocycles. The van der Waals surface area contributed by atoms with Crippen LogP contribution in [0.5, 0.6) is 0 Å². The maximum atomic E-state index is 13.3. The minimum absolute atomic E-state index is 0.00167. The lowest BCUT2D eigenvalue weighted by atomic mass is 9.80. The van der Waals surface area contributed by atoms with Crippen molar-refractivity contribution in [2.45, 2.75) is 194 Å². The Morgan fingerprint density at radius 1 is 0.492 bits per heavy atom. The van der Waals surface area contributed by atoms with Gasteiger partial charge in [-0.15, -0.1) is 0 Å². The van der Waals surface area contributed by atoms with Crippen LogP contribution in [0.2, 0.25) is 0 Å². The fraction of sp³-hybridized carbons (Fsp3) is 0.656. The van der Waals surface area contributed by atoms with Crippen molar-refractivity contribution < 1.29 is 161 Å². The quantitative estimate of drug-likeness (QED) is 0.0195. The van der Waals surface area contributed by atoms with Crippen molar-refractivity contribution in [1.82, 2.24) is 60.3 Å². The average Bonchev–Trinajstić information content (AvgIpc) is 1.62. The number of aromatic nitrogens is 8. The smallest absolute Gasteiger partial charge is 0.386 e. The number of amides is 4. The number of rotatable bonds is 50. The Labute approximate surface area is 674 Å². The molecular weight excluding hydrogens is 1690 g/mol. The number of benzene rings is 1. The van der Waals surface area contributed by atoms with Gasteiger partial charge in [-0.2, -0.15) is 8.62 Å². The number of phosphoric ester groups is 6. The number of nitrogen functional groups attached to an aromatic ring is 2. The van der Waals surface area contributed by atoms with Gasteiger partial charge >= 0.3 is 46.9 Å². The summed E-state index contributed by atoms with van der Waals surface area (Å²) in [6.07, 6.45) is -8.99. The SMILES string of the molecule is CC(C)(CCCCc1ccccc1CCCCC(C)(C)C(=O)CCNC(=O)CCNC(=O)C(O)C(C)(C)COP(=O)(O)OP(=O)(O)OCC1OC(n2cnc3c(N)ncnc32)C(O)C1OP(=O)(O)O)C(=O)CCNC(=O)CCNC(=O)C(O)C(C)(C)COP(=O)(O)OP(=O)(O)OCC1OC(n2cnc3c(N)ncnc32)C(O)C1OP(=O)(O)O. The number of nitrogens with zero attached hydrogens (tertiary/aromatic N) is 8. The van der Waals surface area contributed by atoms with Crippen LogP contribution < -0.4 is 32.7 Å². The van der Waals surface area contributed by atoms with Crippen molar-refractivity contribution in [2.24, 2.45) is 21.7 Å². The van der Waals surface area contributed by atoms with Gasteiger partial charge in [-0.3, -0.25) is 65.0 Å². The van der Waals surface area contributed by atoms with Crippen LogP contribution in [0.1, 0.15) is 143 Å². The summed E-state index contributed by atoms with van der Waals surface area (Å²) in [5, 5.41) is 53.6. The Bertz CT molecular complexity index is 4360. The van der Waals surface area contributed by atoms with Gasteiger partial charge in [0.05, 0.1) is 39.1 Å². The number of ketones is 2. The highest BCUT2D eigenvalue weighted by Crippen LogP contribution is 2.63. The van der Waals surface area contributed by atoms with E-state index in [1.807, 2.05) is 39.8 Å². The number of carbonyl (C=O) groups excluding carboxylic acids is 6. The summed E-state index contributed by atoms with van der Waals surface area (Å²) >= 11 is 0. The summed E-state index contributed by atoms with van der Waals surface area (Å²) in [5.41, 5.74) is 9.18. The molecule has 14 atom stereocenters. The first-order valence-corrected chi connectivity index (χ1v) is 45.6. The number of anilines is 2. The predicted molar refractivity (Wildman–Crippen MR) is 408 cm³/mol. The lowest BCUT2D eigenvalue weighted by Crippen LogP contribution is -2.46. The number of imidazole rings is 2. The van der Waals surface area contributed by atoms with Crippen LogP contribution in [0.3, 0.4) is 0 Å². The van der Waals surface area contributed by atoms with Crippen molar-refractivity contribution >= 4 is 116 Å². The van der Waals surface area contributed by atoms with Crippen LogP contribution in [0.4, 0.5) is 11.6 Å². The van der Waals surface area contributed by atoms with E-state index in [9.17, 15) is 116 Å². The fourth-order valence-corrected chi connectivity index (χ4v) is 17.9. The Kier molecular flexibility index (Phi) is 34.5. The average molecular weight is 1800 g/mol. The Morgan fingerprint density at radius 2 is 0.831 bits per heavy atom. The molecule has 7 rings (SSSR count). The molecule has 0 saturated carbocycles. The van der Waals surface area contributed by atoms with Gasteiger partial charge in [0.1, 0.15) is 84.1 Å². The van der Waals surface area contributed by atoms with Gasteiger partial charge in [0.25, 0.3) is 0 Å². The van der Waals surface area contributed by atoms with Gasteiger partial charge in [-0.1, -0.05) is 92.5 Å². The van der Waals surface area contributed by atoms with Crippen LogP contribution >= 0.6 is 46.9 Å². The van der Waals surface area contributed by atoms with E-state index in [1.54, 1.807) is 0 Å². The molecule has 2 saturated heterocycles. The molecular formula is C64H102N14O34P6. The van der Waals surface area contributed by atoms with E-state index in [1.165, 1.54) is 27.7 Å². The van der Waals surface area contributed by atoms with E-state index < -0.39 is 180 Å². The second-order valence-corrected chi connectivity index (χ2v) is 38.9. The largest absolute Gasteiger partial charge is 0.481 e. The van der Waals surface area contributed by atoms with Gasteiger partial charge in [0, 0.05) is 73.5 Å². The second-order valence-electron chi connectivity index (χ2n) is 30.4. The van der Waals surface area contributed by atoms with Gasteiger partial charge < -0.3 is 102 Å². The van der Waals surface area contributed by atoms with E-state index in [0.717, 1.165) is 84.1 Å². The van der Waals surface area contributed by atoms with Crippen LogP contribution in [0.25, 0.3) is 22.3 Å². The third-order valence-electron chi connectivity index (χ3n) is 19.1. The number of phosphoric acid groups is 6. The molecule has 662 valence electrons. The number of ether oxygens (including phenoxy) is 2. The molecule has 0 spiro atoms. The third-order valence-corrected chi connectivity index (χ3v) is 25.3. The zero-order chi connectivity index (χ0) is 88.0. The molecule has 2 aliphatic heterocycles. The number of nitrogens with one attached hydrogen (secondary N) is 4. The maximum Gasteiger partial charge on any atom is 0.481 e. The first kappa shape index (κ1) is 98.7. The molecule has 6 heterocycles. The summed E-state index contributed by atoms with van der Waals surface area (Å²) in [5.74, 6) is -3.46. The minimum atomic E-state index is -5.65. The van der Waals surface area contributed by atoms with Crippen LogP contribution in [-0.4, -0.2) is 235 Å². The molecule has 0 radical (unpaired) electrons. The molecule has 54 heteroatoms. The predicted octanol–water partition coefficient (Wildman–Crippen LogP) is 1.92. The van der Waals surface area contributed by atoms with Crippen LogP contribution in [0, 0.1) is 21.7 Å². The molecule has 14 unspecified atom stereocenters. The number of carbonyl (C=O) groups is 6. The Balaban J connectivity index is 0.717. The van der Waals surface area contributed by atoms with E-state index in [4.69, 9.17) is 39.0 Å². The fourth-order valence-electron chi connectivity index (χ4n) is 12.3.